The molecule has 1 amide bonds. The van der Waals surface area contributed by atoms with Crippen molar-refractivity contribution in [3.8, 4) is 0 Å². The van der Waals surface area contributed by atoms with Crippen LogP contribution in [0.3, 0.4) is 0 Å². The molecule has 2 unspecified atom stereocenters. The van der Waals surface area contributed by atoms with Crippen LogP contribution in [0.15, 0.2) is 42.5 Å². The van der Waals surface area contributed by atoms with Crippen molar-refractivity contribution < 1.29 is 35.5 Å². The van der Waals surface area contributed by atoms with Crippen LogP contribution in [0.4, 0.5) is 30.7 Å². The summed E-state index contributed by atoms with van der Waals surface area (Å²) in [6.07, 6.45) is -8.36. The van der Waals surface area contributed by atoms with Gasteiger partial charge in [0.05, 0.1) is 17.2 Å². The molecule has 10 heteroatoms. The predicted molar refractivity (Wildman–Crippen MR) is 117 cm³/mol. The minimum absolute atomic E-state index is 0.00221. The lowest BCUT2D eigenvalue weighted by Gasteiger charge is -2.33. The Kier molecular flexibility index (Phi) is 8.14. The molecule has 35 heavy (non-hydrogen) atoms. The van der Waals surface area contributed by atoms with Gasteiger partial charge in [-0.1, -0.05) is 12.1 Å². The summed E-state index contributed by atoms with van der Waals surface area (Å²) in [5.41, 5.74) is -2.34. The molecule has 0 radical (unpaired) electrons. The molecule has 1 heterocycles. The normalized spacial score (nSPS) is 17.2. The summed E-state index contributed by atoms with van der Waals surface area (Å²) in [6.45, 7) is 2.91. The molecule has 1 aliphatic heterocycles. The molecule has 2 aromatic carbocycles. The number of nitrogens with zero attached hydrogens (tertiary/aromatic N) is 1. The maximum atomic E-state index is 13.5. The Labute approximate surface area is 199 Å². The number of alkyl halides is 6. The molecule has 0 bridgehead atoms. The van der Waals surface area contributed by atoms with Crippen molar-refractivity contribution in [1.82, 2.24) is 10.2 Å². The Morgan fingerprint density at radius 2 is 1.46 bits per heavy atom. The molecule has 2 atom stereocenters. The second-order valence-corrected chi connectivity index (χ2v) is 8.97. The fourth-order valence-corrected chi connectivity index (χ4v) is 4.51. The highest BCUT2D eigenvalue weighted by Gasteiger charge is 2.38. The Bertz CT molecular complexity index is 980. The third-order valence-corrected chi connectivity index (χ3v) is 6.71. The van der Waals surface area contributed by atoms with Crippen LogP contribution in [-0.4, -0.2) is 30.9 Å². The van der Waals surface area contributed by atoms with E-state index in [4.69, 9.17) is 0 Å². The number of benzene rings is 2. The summed E-state index contributed by atoms with van der Waals surface area (Å²) in [6, 6.07) is 6.17. The average molecular weight is 504 g/mol. The largest absolute Gasteiger partial charge is 0.416 e. The first-order chi connectivity index (χ1) is 16.3. The van der Waals surface area contributed by atoms with Crippen LogP contribution < -0.4 is 5.32 Å². The number of amides is 1. The molecule has 0 saturated carbocycles. The van der Waals surface area contributed by atoms with Gasteiger partial charge in [-0.05, 0) is 86.1 Å². The molecular formula is C25H27F7N2O. The van der Waals surface area contributed by atoms with Crippen LogP contribution in [-0.2, 0) is 17.1 Å². The summed E-state index contributed by atoms with van der Waals surface area (Å²) < 4.78 is 93.1. The Hall–Kier alpha value is -2.62. The highest BCUT2D eigenvalue weighted by Crippen LogP contribution is 2.39. The van der Waals surface area contributed by atoms with Gasteiger partial charge >= 0.3 is 12.4 Å². The minimum Gasteiger partial charge on any atom is -0.339 e. The van der Waals surface area contributed by atoms with E-state index in [1.165, 1.54) is 31.0 Å². The van der Waals surface area contributed by atoms with Gasteiger partial charge in [-0.15, -0.1) is 0 Å². The molecule has 0 aromatic heterocycles. The van der Waals surface area contributed by atoms with Crippen molar-refractivity contribution >= 4 is 5.91 Å². The first-order valence-corrected chi connectivity index (χ1v) is 11.3. The number of rotatable bonds is 6. The van der Waals surface area contributed by atoms with Gasteiger partial charge in [-0.3, -0.25) is 4.79 Å². The third-order valence-electron chi connectivity index (χ3n) is 6.71. The maximum Gasteiger partial charge on any atom is 0.416 e. The van der Waals surface area contributed by atoms with Gasteiger partial charge in [-0.25, -0.2) is 4.39 Å². The number of hydrogen-bond donors (Lipinski definition) is 1. The molecule has 1 fully saturated rings. The predicted octanol–water partition coefficient (Wildman–Crippen LogP) is 6.56. The van der Waals surface area contributed by atoms with E-state index in [0.717, 1.165) is 31.5 Å². The smallest absolute Gasteiger partial charge is 0.339 e. The second-order valence-electron chi connectivity index (χ2n) is 8.97. The van der Waals surface area contributed by atoms with Crippen molar-refractivity contribution in [1.29, 1.82) is 0 Å². The Balaban J connectivity index is 1.87. The van der Waals surface area contributed by atoms with Gasteiger partial charge in [-0.2, -0.15) is 26.3 Å². The van der Waals surface area contributed by atoms with E-state index >= 15 is 0 Å². The van der Waals surface area contributed by atoms with Crippen LogP contribution in [0.1, 0.15) is 60.4 Å². The van der Waals surface area contributed by atoms with E-state index in [1.807, 2.05) is 0 Å². The van der Waals surface area contributed by atoms with Crippen molar-refractivity contribution in [3.63, 3.8) is 0 Å². The minimum atomic E-state index is -4.97. The quantitative estimate of drug-likeness (QED) is 0.452. The third kappa shape index (κ3) is 6.74. The molecule has 1 aliphatic rings. The number of piperidine rings is 1. The molecular weight excluding hydrogens is 477 g/mol. The van der Waals surface area contributed by atoms with E-state index in [2.05, 4.69) is 5.32 Å². The maximum absolute atomic E-state index is 13.5. The van der Waals surface area contributed by atoms with E-state index in [9.17, 15) is 35.5 Å². The van der Waals surface area contributed by atoms with E-state index in [0.29, 0.717) is 12.1 Å². The van der Waals surface area contributed by atoms with Gasteiger partial charge in [0.2, 0.25) is 5.91 Å². The highest BCUT2D eigenvalue weighted by molar-refractivity contribution is 5.77. The van der Waals surface area contributed by atoms with E-state index in [1.54, 1.807) is 12.1 Å². The van der Waals surface area contributed by atoms with Crippen LogP contribution in [0, 0.1) is 11.7 Å². The molecule has 1 N–H and O–H groups in total. The van der Waals surface area contributed by atoms with Crippen LogP contribution in [0.25, 0.3) is 0 Å². The Morgan fingerprint density at radius 1 is 0.943 bits per heavy atom. The van der Waals surface area contributed by atoms with Crippen LogP contribution in [0.2, 0.25) is 0 Å². The first-order valence-electron chi connectivity index (χ1n) is 11.3. The van der Waals surface area contributed by atoms with Gasteiger partial charge in [0.25, 0.3) is 0 Å². The Morgan fingerprint density at radius 3 is 1.94 bits per heavy atom. The van der Waals surface area contributed by atoms with Gasteiger partial charge in [0, 0.05) is 13.5 Å². The molecule has 2 aromatic rings. The lowest BCUT2D eigenvalue weighted by atomic mass is 9.78. The summed E-state index contributed by atoms with van der Waals surface area (Å²) >= 11 is 0. The SMILES string of the molecule is CC(c1cc(C(F)(F)F)cc(C(F)(F)F)c1)N(C)C(=O)CC(c1ccc(F)cc1)C1CCNCC1. The molecule has 1 saturated heterocycles. The summed E-state index contributed by atoms with van der Waals surface area (Å²) in [5, 5.41) is 3.24. The van der Waals surface area contributed by atoms with Crippen LogP contribution >= 0.6 is 0 Å². The molecule has 3 nitrogen and oxygen atoms in total. The van der Waals surface area contributed by atoms with Gasteiger partial charge in [0.15, 0.2) is 0 Å². The van der Waals surface area contributed by atoms with Crippen LogP contribution in [0.5, 0.6) is 0 Å². The summed E-state index contributed by atoms with van der Waals surface area (Å²) in [5.74, 6) is -0.969. The standard InChI is InChI=1S/C25H27F7N2O/c1-15(18-11-19(24(27,28)29)13-20(12-18)25(30,31)32)34(2)23(35)14-22(17-7-9-33-10-8-17)16-3-5-21(26)6-4-16/h3-6,11-13,15,17,22,33H,7-10,14H2,1-2H3. The zero-order valence-corrected chi connectivity index (χ0v) is 19.3. The fourth-order valence-electron chi connectivity index (χ4n) is 4.51. The topological polar surface area (TPSA) is 32.3 Å². The summed E-state index contributed by atoms with van der Waals surface area (Å²) in [7, 11) is 1.37. The molecule has 192 valence electrons. The number of carbonyl (C=O) groups is 1. The number of carbonyl (C=O) groups excluding carboxylic acids is 1. The second kappa shape index (κ2) is 10.6. The first kappa shape index (κ1) is 27.0. The highest BCUT2D eigenvalue weighted by atomic mass is 19.4. The zero-order valence-electron chi connectivity index (χ0n) is 19.3. The number of hydrogen-bond acceptors (Lipinski definition) is 2. The lowest BCUT2D eigenvalue weighted by Crippen LogP contribution is -2.35. The van der Waals surface area contributed by atoms with Crippen molar-refractivity contribution in [2.45, 2.75) is 50.5 Å². The lowest BCUT2D eigenvalue weighted by molar-refractivity contribution is -0.143. The van der Waals surface area contributed by atoms with Crippen molar-refractivity contribution in [3.05, 3.63) is 70.5 Å². The summed E-state index contributed by atoms with van der Waals surface area (Å²) in [4.78, 5) is 14.4. The molecule has 0 aliphatic carbocycles. The van der Waals surface area contributed by atoms with Crippen molar-refractivity contribution in [2.75, 3.05) is 20.1 Å². The number of nitrogens with one attached hydrogen (secondary N) is 1. The zero-order chi connectivity index (χ0) is 26.0. The molecule has 3 rings (SSSR count). The van der Waals surface area contributed by atoms with E-state index < -0.39 is 41.2 Å². The fraction of sp³-hybridized carbons (Fsp3) is 0.480. The van der Waals surface area contributed by atoms with E-state index in [-0.39, 0.29) is 29.9 Å². The van der Waals surface area contributed by atoms with Gasteiger partial charge < -0.3 is 10.2 Å². The average Bonchev–Trinajstić information content (AvgIpc) is 2.81. The van der Waals surface area contributed by atoms with Gasteiger partial charge in [0.1, 0.15) is 5.82 Å². The number of halogens is 7. The molecule has 0 spiro atoms. The monoisotopic (exact) mass is 504 g/mol. The van der Waals surface area contributed by atoms with Crippen molar-refractivity contribution in [2.24, 2.45) is 5.92 Å².